The van der Waals surface area contributed by atoms with Crippen LogP contribution in [0.25, 0.3) is 62.4 Å². The van der Waals surface area contributed by atoms with Crippen molar-refractivity contribution >= 4 is 115 Å². The number of hydrogen-bond acceptors (Lipinski definition) is 13. The highest BCUT2D eigenvalue weighted by Crippen LogP contribution is 2.68. The van der Waals surface area contributed by atoms with Crippen molar-refractivity contribution in [2.45, 2.75) is 135 Å². The fourth-order valence-corrected chi connectivity index (χ4v) is 19.1. The number of anilines is 3. The summed E-state index contributed by atoms with van der Waals surface area (Å²) in [5.74, 6) is 0.975. The van der Waals surface area contributed by atoms with Crippen molar-refractivity contribution in [2.24, 2.45) is 0 Å². The third-order valence-corrected chi connectivity index (χ3v) is 32.9. The van der Waals surface area contributed by atoms with Crippen molar-refractivity contribution < 1.29 is 0 Å². The number of aromatic nitrogens is 4. The molecule has 0 radical (unpaired) electrons. The monoisotopic (exact) mass is 1530 g/mol. The smallest absolute Gasteiger partial charge is 0.128 e. The van der Waals surface area contributed by atoms with Crippen LogP contribution in [0.15, 0.2) is 152 Å². The molecule has 0 N–H and O–H groups in total. The van der Waals surface area contributed by atoms with E-state index in [9.17, 15) is 0 Å². The molecule has 10 nitrogen and oxygen atoms in total. The van der Waals surface area contributed by atoms with Crippen molar-refractivity contribution in [1.29, 1.82) is 0 Å². The van der Waals surface area contributed by atoms with Gasteiger partial charge in [-0.15, -0.1) is 42.9 Å². The third kappa shape index (κ3) is 25.1. The lowest BCUT2D eigenvalue weighted by Gasteiger charge is -2.30. The average Bonchev–Trinajstić information content (AvgIpc) is 1.67. The molecule has 0 aliphatic heterocycles. The summed E-state index contributed by atoms with van der Waals surface area (Å²) in [5, 5.41) is 3.24. The second kappa shape index (κ2) is 40.1. The van der Waals surface area contributed by atoms with Gasteiger partial charge in [0, 0.05) is 102 Å². The van der Waals surface area contributed by atoms with Gasteiger partial charge in [-0.2, -0.15) is 0 Å². The molecule has 4 aromatic heterocycles. The Labute approximate surface area is 651 Å². The Hall–Kier alpha value is -6.42. The summed E-state index contributed by atoms with van der Waals surface area (Å²) in [6.07, 6.45) is 3.43. The molecule has 0 amide bonds. The van der Waals surface area contributed by atoms with Crippen LogP contribution in [0.3, 0.4) is 0 Å². The number of benzene rings is 8. The van der Waals surface area contributed by atoms with E-state index >= 15 is 0 Å². The van der Waals surface area contributed by atoms with Gasteiger partial charge in [0.25, 0.3) is 0 Å². The molecule has 0 saturated carbocycles. The molecule has 105 heavy (non-hydrogen) atoms. The van der Waals surface area contributed by atoms with E-state index in [0.717, 1.165) is 82.4 Å². The van der Waals surface area contributed by atoms with Gasteiger partial charge in [0.05, 0.1) is 30.6 Å². The van der Waals surface area contributed by atoms with Crippen LogP contribution in [0.5, 0.6) is 0 Å². The first-order valence-electron chi connectivity index (χ1n) is 36.2. The maximum absolute atomic E-state index is 4.76. The van der Waals surface area contributed by atoms with E-state index in [1.165, 1.54) is 120 Å². The van der Waals surface area contributed by atoms with Gasteiger partial charge in [-0.3, -0.25) is 4.67 Å². The molecule has 4 heterocycles. The van der Waals surface area contributed by atoms with Gasteiger partial charge in [0.2, 0.25) is 0 Å². The molecule has 0 spiro atoms. The standard InChI is InChI=1S/2C17H18N2S.C16H17N3S.C13H25NP4.C13H21N.C12H19N/c1-11-5-8-16-14(9-11)18-17(20-16)13-6-7-15(19(3)4)12(2)10-13;1-11-5-7-14-16(9-11)20-17(18-14)13-6-8-15(19(3)4)12(2)10-13;1-10-5-7-14-13(9-10)18-16(20-14)12-6-8-15(19(3)4)17-11(12)2;1-9-6-11(3)13(7-10(9)2)8-12(4)14(5)18(16)17-15;1-10-8-12(3)13(9-11(10)2)6-7-14(4)5;1-10-5-7-12(8-6-10)9-11(2)13(3)4/h2*5-10H,1-4H3;5-9H,1-4H3;6-7,12,17H,8,15-16H2,1-5H3;8-9H,6-7H2,1-5H3;5-8,11H,9H2,1-4H3/t;;;12-,18?;;11-/m...1.1/s1. The van der Waals surface area contributed by atoms with Crippen molar-refractivity contribution in [2.75, 3.05) is 98.8 Å². The van der Waals surface area contributed by atoms with E-state index in [-0.39, 0.29) is 7.45 Å². The number of pyridine rings is 1. The number of fused-ring (bicyclic) bond motifs is 3. The minimum atomic E-state index is -0.0580. The molecule has 6 atom stereocenters. The van der Waals surface area contributed by atoms with Crippen molar-refractivity contribution in [3.8, 4) is 31.7 Å². The lowest BCUT2D eigenvalue weighted by atomic mass is 9.96. The van der Waals surface area contributed by atoms with E-state index in [1.54, 1.807) is 34.0 Å². The minimum Gasteiger partial charge on any atom is -0.377 e. The summed E-state index contributed by atoms with van der Waals surface area (Å²) in [4.78, 5) is 29.7. The number of nitrogens with zero attached hydrogens (tertiary/aromatic N) is 10. The average molecular weight is 1540 g/mol. The topological polar surface area (TPSA) is 71.0 Å². The van der Waals surface area contributed by atoms with Crippen LogP contribution in [-0.2, 0) is 19.3 Å². The van der Waals surface area contributed by atoms with Gasteiger partial charge in [0.15, 0.2) is 0 Å². The molecule has 17 heteroatoms. The molecule has 0 saturated heterocycles. The minimum absolute atomic E-state index is 0.0580. The zero-order valence-corrected chi connectivity index (χ0v) is 74.4. The van der Waals surface area contributed by atoms with E-state index in [0.29, 0.717) is 12.1 Å². The summed E-state index contributed by atoms with van der Waals surface area (Å²) in [7, 11) is 29.8. The molecule has 0 bridgehead atoms. The molecule has 12 aromatic rings. The zero-order valence-electron chi connectivity index (χ0n) is 67.7. The van der Waals surface area contributed by atoms with E-state index in [1.807, 2.05) is 32.0 Å². The first-order valence-corrected chi connectivity index (χ1v) is 45.2. The molecular formula is C88H118N10P4S3. The molecular weight excluding hydrogens is 1420 g/mol. The van der Waals surface area contributed by atoms with Gasteiger partial charge in [-0.25, -0.2) is 19.9 Å². The molecule has 12 rings (SSSR count). The largest absolute Gasteiger partial charge is 0.377 e. The van der Waals surface area contributed by atoms with E-state index < -0.39 is 0 Å². The predicted molar refractivity (Wildman–Crippen MR) is 482 cm³/mol. The fourth-order valence-electron chi connectivity index (χ4n) is 11.9. The van der Waals surface area contributed by atoms with Crippen molar-refractivity contribution in [3.05, 3.63) is 241 Å². The van der Waals surface area contributed by atoms with Crippen LogP contribution < -0.4 is 14.7 Å². The van der Waals surface area contributed by atoms with Crippen LogP contribution in [0.4, 0.5) is 17.2 Å². The highest BCUT2D eigenvalue weighted by atomic mass is 32.6. The summed E-state index contributed by atoms with van der Waals surface area (Å²) < 4.78 is 6.25. The molecule has 0 aliphatic carbocycles. The van der Waals surface area contributed by atoms with E-state index in [4.69, 9.17) is 15.0 Å². The molecule has 4 unspecified atom stereocenters. The van der Waals surface area contributed by atoms with Crippen LogP contribution in [0.1, 0.15) is 103 Å². The number of likely N-dealkylation sites (N-methyl/N-ethyl adjacent to an activating group) is 3. The summed E-state index contributed by atoms with van der Waals surface area (Å²) in [5.41, 5.74) is 30.9. The number of thiazole rings is 3. The Morgan fingerprint density at radius 2 is 0.857 bits per heavy atom. The Morgan fingerprint density at radius 3 is 1.34 bits per heavy atom. The zero-order chi connectivity index (χ0) is 77.3. The molecule has 8 aromatic carbocycles. The first-order chi connectivity index (χ1) is 49.6. The highest BCUT2D eigenvalue weighted by molar-refractivity contribution is 8.60. The van der Waals surface area contributed by atoms with Crippen LogP contribution in [-0.4, -0.2) is 131 Å². The SMILES string of the molecule is Cc1cc(C)c(CCN(C)C)cc1C.Cc1cc(C)c(C[C@@H](C)N(C)P(P)PP)cc1C.Cc1ccc(C[C@@H](C)N(C)C)cc1.Cc1ccc2nc(-c3ccc(N(C)C)c(C)c3)sc2c1.Cc1ccc2sc(-c3ccc(N(C)C)c(C)c3)nc2c1.Cc1ccc2sc(-c3ccc(N(C)C)nc3C)nc2c1. The Balaban J connectivity index is 0.000000177. The Kier molecular flexibility index (Phi) is 32.8. The van der Waals surface area contributed by atoms with Crippen LogP contribution in [0, 0.1) is 90.0 Å². The summed E-state index contributed by atoms with van der Waals surface area (Å²) >= 11 is 5.24. The van der Waals surface area contributed by atoms with Gasteiger partial charge < -0.3 is 24.5 Å². The molecule has 558 valence electrons. The third-order valence-electron chi connectivity index (χ3n) is 19.1. The lowest BCUT2D eigenvalue weighted by molar-refractivity contribution is 0.312. The fraction of sp³-hybridized carbons (Fsp3) is 0.364. The van der Waals surface area contributed by atoms with Gasteiger partial charge in [-0.1, -0.05) is 89.2 Å². The second-order valence-electron chi connectivity index (χ2n) is 29.3. The van der Waals surface area contributed by atoms with Crippen LogP contribution >= 0.6 is 67.3 Å². The van der Waals surface area contributed by atoms with Gasteiger partial charge in [-0.05, 0) is 321 Å². The quantitative estimate of drug-likeness (QED) is 0.0824. The summed E-state index contributed by atoms with van der Waals surface area (Å²) in [6.45, 7) is 33.7. The molecule has 0 aliphatic rings. The van der Waals surface area contributed by atoms with Gasteiger partial charge in [0.1, 0.15) is 20.8 Å². The number of hydrogen-bond donors (Lipinski definition) is 0. The summed E-state index contributed by atoms with van der Waals surface area (Å²) in [6, 6.07) is 55.8. The second-order valence-corrected chi connectivity index (χ2v) is 41.5. The lowest BCUT2D eigenvalue weighted by Crippen LogP contribution is -2.26. The van der Waals surface area contributed by atoms with Crippen molar-refractivity contribution in [3.63, 3.8) is 0 Å². The Bertz CT molecular complexity index is 4670. The normalized spacial score (nSPS) is 12.1. The van der Waals surface area contributed by atoms with Crippen molar-refractivity contribution in [1.82, 2.24) is 34.4 Å². The Morgan fingerprint density at radius 1 is 0.400 bits per heavy atom. The number of aryl methyl sites for hydroxylation is 13. The first kappa shape index (κ1) is 85.8. The maximum Gasteiger partial charge on any atom is 0.128 e. The van der Waals surface area contributed by atoms with E-state index in [2.05, 4.69) is 353 Å². The predicted octanol–water partition coefficient (Wildman–Crippen LogP) is 23.6. The molecule has 0 fully saturated rings. The maximum atomic E-state index is 4.76. The van der Waals surface area contributed by atoms with Crippen LogP contribution in [0.2, 0.25) is 0 Å². The number of rotatable bonds is 17. The van der Waals surface area contributed by atoms with Gasteiger partial charge >= 0.3 is 0 Å². The highest BCUT2D eigenvalue weighted by Gasteiger charge is 2.18.